The highest BCUT2D eigenvalue weighted by molar-refractivity contribution is 6.34. The molecule has 0 aromatic heterocycles. The number of rotatable bonds is 1. The zero-order valence-corrected chi connectivity index (χ0v) is 11.1. The van der Waals surface area contributed by atoms with Crippen molar-refractivity contribution in [2.75, 3.05) is 18.8 Å². The molecule has 1 heterocycles. The molecule has 0 bridgehead atoms. The van der Waals surface area contributed by atoms with Crippen LogP contribution in [0.5, 0.6) is 0 Å². The Bertz CT molecular complexity index is 464. The Labute approximate surface area is 111 Å². The summed E-state index contributed by atoms with van der Waals surface area (Å²) < 4.78 is 0. The third-order valence-corrected chi connectivity index (χ3v) is 3.66. The summed E-state index contributed by atoms with van der Waals surface area (Å²) in [7, 11) is 0. The molecule has 0 radical (unpaired) electrons. The molecule has 1 amide bonds. The molecule has 1 fully saturated rings. The summed E-state index contributed by atoms with van der Waals surface area (Å²) in [6.07, 6.45) is 1.18. The number of amides is 1. The average molecular weight is 269 g/mol. The van der Waals surface area contributed by atoms with E-state index in [1.807, 2.05) is 0 Å². The van der Waals surface area contributed by atoms with E-state index in [1.54, 1.807) is 30.0 Å². The van der Waals surface area contributed by atoms with Gasteiger partial charge in [0.05, 0.1) is 16.2 Å². The Hall–Kier alpha value is -1.26. The lowest BCUT2D eigenvalue weighted by Gasteiger charge is -2.35. The van der Waals surface area contributed by atoms with Crippen molar-refractivity contribution in [1.29, 1.82) is 0 Å². The quantitative estimate of drug-likeness (QED) is 0.765. The van der Waals surface area contributed by atoms with Gasteiger partial charge in [0, 0.05) is 18.8 Å². The summed E-state index contributed by atoms with van der Waals surface area (Å²) in [6, 6.07) is 4.89. The van der Waals surface area contributed by atoms with Crippen LogP contribution in [0.2, 0.25) is 5.02 Å². The highest BCUT2D eigenvalue weighted by atomic mass is 35.5. The van der Waals surface area contributed by atoms with Gasteiger partial charge in [0.25, 0.3) is 5.91 Å². The fourth-order valence-electron chi connectivity index (χ4n) is 2.07. The largest absolute Gasteiger partial charge is 0.399 e. The van der Waals surface area contributed by atoms with Crippen molar-refractivity contribution in [3.05, 3.63) is 28.8 Å². The van der Waals surface area contributed by atoms with Crippen LogP contribution in [0.3, 0.4) is 0 Å². The Kier molecular flexibility index (Phi) is 3.50. The Morgan fingerprint density at radius 3 is 2.61 bits per heavy atom. The van der Waals surface area contributed by atoms with Crippen LogP contribution in [0.1, 0.15) is 30.1 Å². The van der Waals surface area contributed by atoms with Gasteiger partial charge in [0.1, 0.15) is 0 Å². The molecule has 98 valence electrons. The van der Waals surface area contributed by atoms with Gasteiger partial charge in [-0.2, -0.15) is 0 Å². The minimum Gasteiger partial charge on any atom is -0.399 e. The molecular formula is C13H17ClN2O2. The molecule has 3 N–H and O–H groups in total. The standard InChI is InChI=1S/C13H17ClN2O2/c1-13(18)4-6-16(7-5-13)12(17)10-3-2-9(15)8-11(10)14/h2-3,8,18H,4-7,15H2,1H3. The number of likely N-dealkylation sites (tertiary alicyclic amines) is 1. The molecule has 1 saturated heterocycles. The maximum absolute atomic E-state index is 12.3. The fraction of sp³-hybridized carbons (Fsp3) is 0.462. The van der Waals surface area contributed by atoms with E-state index in [-0.39, 0.29) is 5.91 Å². The monoisotopic (exact) mass is 268 g/mol. The van der Waals surface area contributed by atoms with E-state index in [2.05, 4.69) is 0 Å². The lowest BCUT2D eigenvalue weighted by atomic mass is 9.93. The van der Waals surface area contributed by atoms with E-state index >= 15 is 0 Å². The van der Waals surface area contributed by atoms with E-state index in [0.717, 1.165) is 0 Å². The van der Waals surface area contributed by atoms with Crippen molar-refractivity contribution in [2.45, 2.75) is 25.4 Å². The first kappa shape index (κ1) is 13.2. The van der Waals surface area contributed by atoms with Gasteiger partial charge in [0.15, 0.2) is 0 Å². The minimum absolute atomic E-state index is 0.101. The van der Waals surface area contributed by atoms with E-state index in [0.29, 0.717) is 42.2 Å². The zero-order chi connectivity index (χ0) is 13.3. The summed E-state index contributed by atoms with van der Waals surface area (Å²) in [4.78, 5) is 14.0. The molecule has 1 aliphatic rings. The number of piperidine rings is 1. The molecule has 1 aromatic carbocycles. The predicted molar refractivity (Wildman–Crippen MR) is 71.6 cm³/mol. The number of aliphatic hydroxyl groups is 1. The van der Waals surface area contributed by atoms with Crippen molar-refractivity contribution in [1.82, 2.24) is 4.90 Å². The summed E-state index contributed by atoms with van der Waals surface area (Å²) in [6.45, 7) is 2.89. The van der Waals surface area contributed by atoms with Crippen molar-refractivity contribution in [3.63, 3.8) is 0 Å². The molecule has 0 spiro atoms. The van der Waals surface area contributed by atoms with Crippen molar-refractivity contribution in [2.24, 2.45) is 0 Å². The van der Waals surface area contributed by atoms with Gasteiger partial charge in [-0.15, -0.1) is 0 Å². The molecule has 1 aliphatic heterocycles. The number of hydrogen-bond donors (Lipinski definition) is 2. The second-order valence-corrected chi connectivity index (χ2v) is 5.44. The Morgan fingerprint density at radius 1 is 1.44 bits per heavy atom. The molecule has 1 aromatic rings. The first-order chi connectivity index (χ1) is 8.39. The highest BCUT2D eigenvalue weighted by Crippen LogP contribution is 2.25. The number of benzene rings is 1. The number of anilines is 1. The number of carbonyl (C=O) groups is 1. The lowest BCUT2D eigenvalue weighted by Crippen LogP contribution is -2.45. The second-order valence-electron chi connectivity index (χ2n) is 5.03. The van der Waals surface area contributed by atoms with Crippen LogP contribution >= 0.6 is 11.6 Å². The molecule has 0 aliphatic carbocycles. The second kappa shape index (κ2) is 4.78. The van der Waals surface area contributed by atoms with Crippen LogP contribution in [0.25, 0.3) is 0 Å². The number of carbonyl (C=O) groups excluding carboxylic acids is 1. The van der Waals surface area contributed by atoms with E-state index < -0.39 is 5.60 Å². The van der Waals surface area contributed by atoms with Crippen LogP contribution < -0.4 is 5.73 Å². The molecule has 18 heavy (non-hydrogen) atoms. The van der Waals surface area contributed by atoms with Crippen molar-refractivity contribution in [3.8, 4) is 0 Å². The van der Waals surface area contributed by atoms with E-state index in [1.165, 1.54) is 0 Å². The van der Waals surface area contributed by atoms with Crippen LogP contribution in [0, 0.1) is 0 Å². The van der Waals surface area contributed by atoms with Gasteiger partial charge in [0.2, 0.25) is 0 Å². The SMILES string of the molecule is CC1(O)CCN(C(=O)c2ccc(N)cc2Cl)CC1. The number of nitrogen functional groups attached to an aromatic ring is 1. The predicted octanol–water partition coefficient (Wildman–Crippen LogP) is 1.91. The van der Waals surface area contributed by atoms with Crippen LogP contribution in [-0.2, 0) is 0 Å². The zero-order valence-electron chi connectivity index (χ0n) is 10.3. The minimum atomic E-state index is -0.665. The van der Waals surface area contributed by atoms with Crippen LogP contribution in [0.15, 0.2) is 18.2 Å². The molecule has 5 heteroatoms. The lowest BCUT2D eigenvalue weighted by molar-refractivity contribution is -0.00201. The number of nitrogens with two attached hydrogens (primary N) is 1. The third-order valence-electron chi connectivity index (χ3n) is 3.35. The number of hydrogen-bond acceptors (Lipinski definition) is 3. The van der Waals surface area contributed by atoms with E-state index in [9.17, 15) is 9.90 Å². The smallest absolute Gasteiger partial charge is 0.255 e. The van der Waals surface area contributed by atoms with Gasteiger partial charge >= 0.3 is 0 Å². The maximum Gasteiger partial charge on any atom is 0.255 e. The molecule has 4 nitrogen and oxygen atoms in total. The summed E-state index contributed by atoms with van der Waals surface area (Å²) in [5.41, 5.74) is 5.94. The van der Waals surface area contributed by atoms with Gasteiger partial charge in [-0.3, -0.25) is 4.79 Å². The van der Waals surface area contributed by atoms with Gasteiger partial charge < -0.3 is 15.7 Å². The summed E-state index contributed by atoms with van der Waals surface area (Å²) in [5, 5.41) is 10.2. The summed E-state index contributed by atoms with van der Waals surface area (Å²) in [5.74, 6) is -0.101. The molecule has 0 atom stereocenters. The third kappa shape index (κ3) is 2.76. The number of halogens is 1. The molecule has 0 saturated carbocycles. The Balaban J connectivity index is 2.13. The molecule has 2 rings (SSSR count). The van der Waals surface area contributed by atoms with Crippen LogP contribution in [0.4, 0.5) is 5.69 Å². The van der Waals surface area contributed by atoms with E-state index in [4.69, 9.17) is 17.3 Å². The summed E-state index contributed by atoms with van der Waals surface area (Å²) >= 11 is 6.02. The average Bonchev–Trinajstić information content (AvgIpc) is 2.28. The molecular weight excluding hydrogens is 252 g/mol. The first-order valence-electron chi connectivity index (χ1n) is 5.96. The van der Waals surface area contributed by atoms with Crippen molar-refractivity contribution < 1.29 is 9.90 Å². The van der Waals surface area contributed by atoms with Gasteiger partial charge in [-0.05, 0) is 38.0 Å². The van der Waals surface area contributed by atoms with Crippen LogP contribution in [-0.4, -0.2) is 34.6 Å². The topological polar surface area (TPSA) is 66.6 Å². The van der Waals surface area contributed by atoms with Crippen molar-refractivity contribution >= 4 is 23.2 Å². The van der Waals surface area contributed by atoms with Gasteiger partial charge in [-0.25, -0.2) is 0 Å². The normalized spacial score (nSPS) is 18.7. The first-order valence-corrected chi connectivity index (χ1v) is 6.33. The van der Waals surface area contributed by atoms with Gasteiger partial charge in [-0.1, -0.05) is 11.6 Å². The fourth-order valence-corrected chi connectivity index (χ4v) is 2.34. The Morgan fingerprint density at radius 2 is 2.06 bits per heavy atom. The maximum atomic E-state index is 12.3. The number of nitrogens with zero attached hydrogens (tertiary/aromatic N) is 1. The molecule has 0 unspecified atom stereocenters. The highest BCUT2D eigenvalue weighted by Gasteiger charge is 2.30.